The number of ether oxygens (including phenoxy) is 1. The summed E-state index contributed by atoms with van der Waals surface area (Å²) >= 11 is 0. The molecule has 126 valence electrons. The summed E-state index contributed by atoms with van der Waals surface area (Å²) in [6.45, 7) is 2.44. The number of hydrogen-bond acceptors (Lipinski definition) is 4. The van der Waals surface area contributed by atoms with Crippen LogP contribution in [0, 0.1) is 18.8 Å². The molecule has 1 aromatic carbocycles. The third kappa shape index (κ3) is 5.06. The summed E-state index contributed by atoms with van der Waals surface area (Å²) in [7, 11) is 0. The van der Waals surface area contributed by atoms with Gasteiger partial charge in [0.25, 0.3) is 0 Å². The molecule has 0 bridgehead atoms. The molecule has 2 rings (SSSR count). The lowest BCUT2D eigenvalue weighted by Gasteiger charge is -2.19. The number of benzene rings is 1. The van der Waals surface area contributed by atoms with E-state index < -0.39 is 18.0 Å². The van der Waals surface area contributed by atoms with E-state index in [1.165, 1.54) is 0 Å². The number of Topliss-reactive ketones (excluding diaryl/α,β-unsaturated/α-hetero) is 1. The molecule has 1 aliphatic rings. The average molecular weight is 320 g/mol. The number of carbonyl (C=O) groups excluding carboxylic acids is 1. The Morgan fingerprint density at radius 3 is 2.78 bits per heavy atom. The summed E-state index contributed by atoms with van der Waals surface area (Å²) in [4.78, 5) is 23.2. The van der Waals surface area contributed by atoms with Crippen molar-refractivity contribution in [2.24, 2.45) is 11.8 Å². The summed E-state index contributed by atoms with van der Waals surface area (Å²) in [6.07, 6.45) is 1.23. The summed E-state index contributed by atoms with van der Waals surface area (Å²) in [5.74, 6) is -0.910. The average Bonchev–Trinajstić information content (AvgIpc) is 2.84. The highest BCUT2D eigenvalue weighted by atomic mass is 16.5. The highest BCUT2D eigenvalue weighted by Crippen LogP contribution is 2.36. The van der Waals surface area contributed by atoms with Crippen LogP contribution in [0.3, 0.4) is 0 Å². The molecule has 0 aliphatic heterocycles. The smallest absolute Gasteiger partial charge is 0.303 e. The van der Waals surface area contributed by atoms with Gasteiger partial charge < -0.3 is 14.9 Å². The van der Waals surface area contributed by atoms with Crippen LogP contribution in [-0.4, -0.2) is 34.7 Å². The molecule has 1 aromatic rings. The van der Waals surface area contributed by atoms with E-state index >= 15 is 0 Å². The summed E-state index contributed by atoms with van der Waals surface area (Å²) in [5, 5.41) is 18.8. The molecule has 1 saturated carbocycles. The van der Waals surface area contributed by atoms with E-state index in [4.69, 9.17) is 9.84 Å². The van der Waals surface area contributed by atoms with Gasteiger partial charge in [0, 0.05) is 18.3 Å². The van der Waals surface area contributed by atoms with Crippen molar-refractivity contribution in [2.75, 3.05) is 6.61 Å². The first-order valence-electron chi connectivity index (χ1n) is 8.09. The Morgan fingerprint density at radius 2 is 2.09 bits per heavy atom. The van der Waals surface area contributed by atoms with Gasteiger partial charge in [-0.15, -0.1) is 0 Å². The largest absolute Gasteiger partial charge is 0.494 e. The minimum Gasteiger partial charge on any atom is -0.494 e. The van der Waals surface area contributed by atoms with Crippen LogP contribution in [0.25, 0.3) is 0 Å². The monoisotopic (exact) mass is 320 g/mol. The van der Waals surface area contributed by atoms with Gasteiger partial charge >= 0.3 is 5.97 Å². The lowest BCUT2D eigenvalue weighted by atomic mass is 9.86. The Labute approximate surface area is 136 Å². The van der Waals surface area contributed by atoms with Crippen molar-refractivity contribution >= 4 is 11.8 Å². The molecule has 1 fully saturated rings. The number of ketones is 1. The zero-order valence-electron chi connectivity index (χ0n) is 13.4. The van der Waals surface area contributed by atoms with E-state index in [2.05, 4.69) is 0 Å². The van der Waals surface area contributed by atoms with Crippen molar-refractivity contribution in [1.82, 2.24) is 0 Å². The summed E-state index contributed by atoms with van der Waals surface area (Å²) in [5.41, 5.74) is 1.12. The lowest BCUT2D eigenvalue weighted by Crippen LogP contribution is -2.27. The molecule has 5 nitrogen and oxygen atoms in total. The van der Waals surface area contributed by atoms with E-state index in [1.54, 1.807) is 0 Å². The molecule has 2 N–H and O–H groups in total. The van der Waals surface area contributed by atoms with Crippen LogP contribution < -0.4 is 4.74 Å². The SMILES string of the molecule is Cc1cccc(OCCCC(=O)C2CCC(O)C2CC(=O)O)c1. The maximum absolute atomic E-state index is 12.3. The highest BCUT2D eigenvalue weighted by molar-refractivity contribution is 5.82. The Morgan fingerprint density at radius 1 is 1.30 bits per heavy atom. The van der Waals surface area contributed by atoms with Crippen molar-refractivity contribution in [1.29, 1.82) is 0 Å². The van der Waals surface area contributed by atoms with Crippen LogP contribution in [0.2, 0.25) is 0 Å². The molecule has 0 radical (unpaired) electrons. The zero-order valence-corrected chi connectivity index (χ0v) is 13.4. The van der Waals surface area contributed by atoms with Crippen molar-refractivity contribution in [2.45, 2.75) is 45.1 Å². The lowest BCUT2D eigenvalue weighted by molar-refractivity contribution is -0.139. The van der Waals surface area contributed by atoms with Crippen LogP contribution in [0.5, 0.6) is 5.75 Å². The number of aliphatic carboxylic acids is 1. The fourth-order valence-electron chi connectivity index (χ4n) is 3.25. The molecule has 5 heteroatoms. The quantitative estimate of drug-likeness (QED) is 0.719. The predicted octanol–water partition coefficient (Wildman–Crippen LogP) is 2.58. The number of aryl methyl sites for hydroxylation is 1. The second-order valence-electron chi connectivity index (χ2n) is 6.25. The van der Waals surface area contributed by atoms with Gasteiger partial charge in [-0.2, -0.15) is 0 Å². The maximum atomic E-state index is 12.3. The molecule has 0 aromatic heterocycles. The van der Waals surface area contributed by atoms with E-state index in [0.29, 0.717) is 32.3 Å². The molecule has 0 heterocycles. The molecule has 0 spiro atoms. The second-order valence-corrected chi connectivity index (χ2v) is 6.25. The molecule has 1 aliphatic carbocycles. The highest BCUT2D eigenvalue weighted by Gasteiger charge is 2.39. The fourth-order valence-corrected chi connectivity index (χ4v) is 3.25. The molecule has 0 saturated heterocycles. The van der Waals surface area contributed by atoms with Gasteiger partial charge in [-0.05, 0) is 43.9 Å². The first kappa shape index (κ1) is 17.5. The number of aliphatic hydroxyl groups is 1. The summed E-state index contributed by atoms with van der Waals surface area (Å²) < 4.78 is 5.62. The third-order valence-electron chi connectivity index (χ3n) is 4.43. The van der Waals surface area contributed by atoms with Gasteiger partial charge in [0.15, 0.2) is 0 Å². The van der Waals surface area contributed by atoms with Gasteiger partial charge in [-0.1, -0.05) is 12.1 Å². The number of carboxylic acid groups (broad SMARTS) is 1. The van der Waals surface area contributed by atoms with Crippen LogP contribution >= 0.6 is 0 Å². The van der Waals surface area contributed by atoms with Crippen LogP contribution in [-0.2, 0) is 9.59 Å². The van der Waals surface area contributed by atoms with Crippen molar-refractivity contribution < 1.29 is 24.5 Å². The maximum Gasteiger partial charge on any atom is 0.303 e. The van der Waals surface area contributed by atoms with Crippen LogP contribution in [0.4, 0.5) is 0 Å². The van der Waals surface area contributed by atoms with Crippen LogP contribution in [0.15, 0.2) is 24.3 Å². The van der Waals surface area contributed by atoms with Crippen molar-refractivity contribution in [3.05, 3.63) is 29.8 Å². The number of rotatable bonds is 8. The van der Waals surface area contributed by atoms with E-state index in [-0.39, 0.29) is 18.1 Å². The fraction of sp³-hybridized carbons (Fsp3) is 0.556. The normalized spacial score (nSPS) is 23.7. The molecular formula is C18H24O5. The first-order chi connectivity index (χ1) is 11.0. The Kier molecular flexibility index (Phi) is 6.16. The minimum absolute atomic E-state index is 0.0423. The molecule has 3 unspecified atom stereocenters. The van der Waals surface area contributed by atoms with Gasteiger partial charge in [0.2, 0.25) is 0 Å². The molecule has 23 heavy (non-hydrogen) atoms. The van der Waals surface area contributed by atoms with Gasteiger partial charge in [0.1, 0.15) is 11.5 Å². The molecular weight excluding hydrogens is 296 g/mol. The predicted molar refractivity (Wildman–Crippen MR) is 85.4 cm³/mol. The zero-order chi connectivity index (χ0) is 16.8. The third-order valence-corrected chi connectivity index (χ3v) is 4.43. The number of carbonyl (C=O) groups is 2. The topological polar surface area (TPSA) is 83.8 Å². The van der Waals surface area contributed by atoms with Crippen LogP contribution in [0.1, 0.15) is 37.7 Å². The summed E-state index contributed by atoms with van der Waals surface area (Å²) in [6, 6.07) is 7.74. The minimum atomic E-state index is -0.962. The van der Waals surface area contributed by atoms with Crippen molar-refractivity contribution in [3.8, 4) is 5.75 Å². The Hall–Kier alpha value is -1.88. The van der Waals surface area contributed by atoms with Crippen molar-refractivity contribution in [3.63, 3.8) is 0 Å². The van der Waals surface area contributed by atoms with E-state index in [1.807, 2.05) is 31.2 Å². The second kappa shape index (κ2) is 8.11. The number of hydrogen-bond donors (Lipinski definition) is 2. The van der Waals surface area contributed by atoms with Gasteiger partial charge in [0.05, 0.1) is 19.1 Å². The number of carboxylic acids is 1. The Balaban J connectivity index is 1.76. The van der Waals surface area contributed by atoms with E-state index in [9.17, 15) is 14.7 Å². The molecule has 0 amide bonds. The molecule has 3 atom stereocenters. The first-order valence-corrected chi connectivity index (χ1v) is 8.09. The Bertz CT molecular complexity index is 554. The standard InChI is InChI=1S/C18H24O5/c1-12-4-2-5-13(10-12)23-9-3-6-16(19)14-7-8-17(20)15(14)11-18(21)22/h2,4-5,10,14-15,17,20H,3,6-9,11H2,1H3,(H,21,22). The number of aliphatic hydroxyl groups excluding tert-OH is 1. The van der Waals surface area contributed by atoms with Gasteiger partial charge in [-0.3, -0.25) is 9.59 Å². The van der Waals surface area contributed by atoms with Gasteiger partial charge in [-0.25, -0.2) is 0 Å². The van der Waals surface area contributed by atoms with E-state index in [0.717, 1.165) is 11.3 Å².